The minimum absolute atomic E-state index is 0.237. The number of amides is 1. The van der Waals surface area contributed by atoms with Crippen LogP contribution in [0.4, 0.5) is 0 Å². The molecule has 1 heterocycles. The van der Waals surface area contributed by atoms with Crippen molar-refractivity contribution in [2.75, 3.05) is 20.2 Å². The molecule has 1 amide bonds. The van der Waals surface area contributed by atoms with Gasteiger partial charge in [0.15, 0.2) is 0 Å². The van der Waals surface area contributed by atoms with Crippen molar-refractivity contribution < 1.29 is 17.9 Å². The van der Waals surface area contributed by atoms with E-state index in [9.17, 15) is 13.2 Å². The van der Waals surface area contributed by atoms with E-state index < -0.39 is 10.0 Å². The van der Waals surface area contributed by atoms with Crippen LogP contribution < -0.4 is 10.1 Å². The molecule has 0 bridgehead atoms. The molecule has 0 radical (unpaired) electrons. The Balaban J connectivity index is 1.63. The van der Waals surface area contributed by atoms with Gasteiger partial charge >= 0.3 is 0 Å². The molecule has 1 fully saturated rings. The van der Waals surface area contributed by atoms with Crippen molar-refractivity contribution in [2.45, 2.75) is 37.1 Å². The molecule has 1 aliphatic heterocycles. The Morgan fingerprint density at radius 1 is 0.964 bits per heavy atom. The third-order valence-electron chi connectivity index (χ3n) is 4.93. The van der Waals surface area contributed by atoms with Crippen LogP contribution in [-0.2, 0) is 16.6 Å². The van der Waals surface area contributed by atoms with Crippen LogP contribution in [0.5, 0.6) is 5.75 Å². The van der Waals surface area contributed by atoms with Crippen LogP contribution in [0.1, 0.15) is 41.6 Å². The molecular formula is C21H26N2O4S. The van der Waals surface area contributed by atoms with Gasteiger partial charge in [0.1, 0.15) is 5.75 Å². The first-order valence-corrected chi connectivity index (χ1v) is 11.0. The lowest BCUT2D eigenvalue weighted by Crippen LogP contribution is -2.32. The molecule has 1 aliphatic rings. The van der Waals surface area contributed by atoms with Gasteiger partial charge in [-0.1, -0.05) is 25.0 Å². The van der Waals surface area contributed by atoms with E-state index in [1.807, 2.05) is 24.3 Å². The summed E-state index contributed by atoms with van der Waals surface area (Å²) in [5.74, 6) is 0.519. The predicted octanol–water partition coefficient (Wildman–Crippen LogP) is 3.19. The Hall–Kier alpha value is -2.38. The number of nitrogens with zero attached hydrogens (tertiary/aromatic N) is 1. The normalized spacial score (nSPS) is 15.6. The van der Waals surface area contributed by atoms with Crippen LogP contribution >= 0.6 is 0 Å². The summed E-state index contributed by atoms with van der Waals surface area (Å²) in [7, 11) is -1.90. The van der Waals surface area contributed by atoms with Crippen molar-refractivity contribution in [3.8, 4) is 5.75 Å². The molecule has 2 aromatic carbocycles. The number of rotatable bonds is 6. The lowest BCUT2D eigenvalue weighted by molar-refractivity contribution is 0.0951. The molecule has 0 saturated carbocycles. The van der Waals surface area contributed by atoms with Gasteiger partial charge in [0.25, 0.3) is 5.91 Å². The number of hydrogen-bond acceptors (Lipinski definition) is 4. The number of carbonyl (C=O) groups is 1. The zero-order valence-electron chi connectivity index (χ0n) is 16.1. The fourth-order valence-corrected chi connectivity index (χ4v) is 4.75. The summed E-state index contributed by atoms with van der Waals surface area (Å²) in [5.41, 5.74) is 1.39. The molecule has 7 heteroatoms. The molecule has 28 heavy (non-hydrogen) atoms. The monoisotopic (exact) mass is 402 g/mol. The van der Waals surface area contributed by atoms with Gasteiger partial charge in [0.2, 0.25) is 10.0 Å². The maximum Gasteiger partial charge on any atom is 0.251 e. The molecule has 1 N–H and O–H groups in total. The van der Waals surface area contributed by atoms with Crippen LogP contribution in [0.25, 0.3) is 0 Å². The van der Waals surface area contributed by atoms with Gasteiger partial charge in [-0.3, -0.25) is 4.79 Å². The Morgan fingerprint density at radius 3 is 2.14 bits per heavy atom. The van der Waals surface area contributed by atoms with Gasteiger partial charge in [-0.15, -0.1) is 0 Å². The highest BCUT2D eigenvalue weighted by molar-refractivity contribution is 7.89. The van der Waals surface area contributed by atoms with Crippen LogP contribution in [0.2, 0.25) is 0 Å². The van der Waals surface area contributed by atoms with E-state index in [2.05, 4.69) is 5.32 Å². The van der Waals surface area contributed by atoms with Crippen molar-refractivity contribution in [2.24, 2.45) is 0 Å². The molecule has 0 aliphatic carbocycles. The average Bonchev–Trinajstić information content (AvgIpc) is 3.02. The first-order valence-electron chi connectivity index (χ1n) is 9.52. The zero-order valence-corrected chi connectivity index (χ0v) is 16.9. The summed E-state index contributed by atoms with van der Waals surface area (Å²) in [6.07, 6.45) is 3.93. The van der Waals surface area contributed by atoms with Crippen LogP contribution in [0.15, 0.2) is 53.4 Å². The van der Waals surface area contributed by atoms with E-state index >= 15 is 0 Å². The minimum Gasteiger partial charge on any atom is -0.497 e. The molecule has 2 aromatic rings. The van der Waals surface area contributed by atoms with Gasteiger partial charge in [-0.05, 0) is 54.8 Å². The highest BCUT2D eigenvalue weighted by atomic mass is 32.2. The number of sulfonamides is 1. The number of hydrogen-bond donors (Lipinski definition) is 1. The van der Waals surface area contributed by atoms with Crippen LogP contribution in [0.3, 0.4) is 0 Å². The Labute approximate surface area is 166 Å². The van der Waals surface area contributed by atoms with E-state index in [1.165, 1.54) is 12.1 Å². The topological polar surface area (TPSA) is 75.7 Å². The lowest BCUT2D eigenvalue weighted by Gasteiger charge is -2.20. The second kappa shape index (κ2) is 9.21. The zero-order chi connectivity index (χ0) is 20.0. The highest BCUT2D eigenvalue weighted by Crippen LogP contribution is 2.20. The Bertz CT molecular complexity index is 885. The average molecular weight is 403 g/mol. The number of methoxy groups -OCH3 is 1. The van der Waals surface area contributed by atoms with Gasteiger partial charge in [0.05, 0.1) is 12.0 Å². The first-order chi connectivity index (χ1) is 13.5. The van der Waals surface area contributed by atoms with Crippen molar-refractivity contribution in [3.63, 3.8) is 0 Å². The maximum atomic E-state index is 12.8. The molecule has 0 unspecified atom stereocenters. The molecule has 150 valence electrons. The summed E-state index contributed by atoms with van der Waals surface area (Å²) >= 11 is 0. The number of benzene rings is 2. The standard InChI is InChI=1S/C21H26N2O4S/c1-27-19-10-6-17(7-11-19)16-22-21(24)18-8-12-20(13-9-18)28(25,26)23-14-4-2-3-5-15-23/h6-13H,2-5,14-16H2,1H3,(H,22,24). The quantitative estimate of drug-likeness (QED) is 0.805. The van der Waals surface area contributed by atoms with E-state index in [0.717, 1.165) is 37.0 Å². The Morgan fingerprint density at radius 2 is 1.57 bits per heavy atom. The Kier molecular flexibility index (Phi) is 6.70. The van der Waals surface area contributed by atoms with E-state index in [4.69, 9.17) is 4.74 Å². The molecule has 6 nitrogen and oxygen atoms in total. The SMILES string of the molecule is COc1ccc(CNC(=O)c2ccc(S(=O)(=O)N3CCCCCC3)cc2)cc1. The lowest BCUT2D eigenvalue weighted by atomic mass is 10.2. The second-order valence-corrected chi connectivity index (χ2v) is 8.81. The van der Waals surface area contributed by atoms with Gasteiger partial charge in [0, 0.05) is 25.2 Å². The largest absolute Gasteiger partial charge is 0.497 e. The minimum atomic E-state index is -3.50. The van der Waals surface area contributed by atoms with Crippen molar-refractivity contribution in [1.29, 1.82) is 0 Å². The van der Waals surface area contributed by atoms with E-state index in [-0.39, 0.29) is 10.8 Å². The van der Waals surface area contributed by atoms with E-state index in [1.54, 1.807) is 23.5 Å². The summed E-state index contributed by atoms with van der Waals surface area (Å²) in [6.45, 7) is 1.51. The fraction of sp³-hybridized carbons (Fsp3) is 0.381. The summed E-state index contributed by atoms with van der Waals surface area (Å²) in [6, 6.07) is 13.6. The highest BCUT2D eigenvalue weighted by Gasteiger charge is 2.25. The summed E-state index contributed by atoms with van der Waals surface area (Å²) in [5, 5.41) is 2.84. The van der Waals surface area contributed by atoms with Crippen LogP contribution in [-0.4, -0.2) is 38.8 Å². The van der Waals surface area contributed by atoms with Gasteiger partial charge in [-0.25, -0.2) is 8.42 Å². The maximum absolute atomic E-state index is 12.8. The third-order valence-corrected chi connectivity index (χ3v) is 6.84. The smallest absolute Gasteiger partial charge is 0.251 e. The molecule has 0 aromatic heterocycles. The molecular weight excluding hydrogens is 376 g/mol. The second-order valence-electron chi connectivity index (χ2n) is 6.87. The van der Waals surface area contributed by atoms with Gasteiger partial charge in [-0.2, -0.15) is 4.31 Å². The number of nitrogens with one attached hydrogen (secondary N) is 1. The van der Waals surface area contributed by atoms with Crippen molar-refractivity contribution >= 4 is 15.9 Å². The summed E-state index contributed by atoms with van der Waals surface area (Å²) < 4.78 is 32.3. The molecule has 0 atom stereocenters. The van der Waals surface area contributed by atoms with Crippen molar-refractivity contribution in [3.05, 3.63) is 59.7 Å². The first kappa shape index (κ1) is 20.4. The fourth-order valence-electron chi connectivity index (χ4n) is 3.24. The predicted molar refractivity (Wildman–Crippen MR) is 108 cm³/mol. The van der Waals surface area contributed by atoms with Gasteiger partial charge < -0.3 is 10.1 Å². The molecule has 3 rings (SSSR count). The summed E-state index contributed by atoms with van der Waals surface area (Å²) in [4.78, 5) is 12.6. The number of ether oxygens (including phenoxy) is 1. The molecule has 1 saturated heterocycles. The molecule has 0 spiro atoms. The number of carbonyl (C=O) groups excluding carboxylic acids is 1. The van der Waals surface area contributed by atoms with Crippen molar-refractivity contribution in [1.82, 2.24) is 9.62 Å². The third kappa shape index (κ3) is 4.91. The van der Waals surface area contributed by atoms with E-state index in [0.29, 0.717) is 25.2 Å². The van der Waals surface area contributed by atoms with Crippen LogP contribution in [0, 0.1) is 0 Å².